The highest BCUT2D eigenvalue weighted by molar-refractivity contribution is 5.79. The number of nitrogens with one attached hydrogen (secondary N) is 2. The van der Waals surface area contributed by atoms with E-state index in [2.05, 4.69) is 22.5 Å². The summed E-state index contributed by atoms with van der Waals surface area (Å²) in [4.78, 5) is 4.27. The minimum Gasteiger partial charge on any atom is -0.469 e. The number of hydrogen-bond acceptors (Lipinski definition) is 2. The Morgan fingerprint density at radius 2 is 2.26 bits per heavy atom. The number of guanidine groups is 1. The number of rotatable bonds is 6. The quantitative estimate of drug-likeness (QED) is 0.612. The van der Waals surface area contributed by atoms with E-state index in [1.165, 1.54) is 25.7 Å². The molecule has 0 spiro atoms. The minimum atomic E-state index is 0.513. The third kappa shape index (κ3) is 3.75. The third-order valence-electron chi connectivity index (χ3n) is 4.26. The van der Waals surface area contributed by atoms with Crippen LogP contribution in [0.25, 0.3) is 0 Å². The Bertz CT molecular complexity index is 388. The lowest BCUT2D eigenvalue weighted by atomic mass is 9.67. The van der Waals surface area contributed by atoms with Crippen molar-refractivity contribution in [3.8, 4) is 0 Å². The lowest BCUT2D eigenvalue weighted by molar-refractivity contribution is 0.131. The Kier molecular flexibility index (Phi) is 4.88. The zero-order valence-electron chi connectivity index (χ0n) is 12.0. The Labute approximate surface area is 115 Å². The lowest BCUT2D eigenvalue weighted by Crippen LogP contribution is -2.46. The molecule has 1 aromatic rings. The van der Waals surface area contributed by atoms with E-state index in [1.807, 2.05) is 19.2 Å². The molecule has 2 N–H and O–H groups in total. The van der Waals surface area contributed by atoms with Crippen molar-refractivity contribution in [3.05, 3.63) is 24.2 Å². The van der Waals surface area contributed by atoms with Gasteiger partial charge in [-0.1, -0.05) is 13.3 Å². The van der Waals surface area contributed by atoms with Crippen LogP contribution in [0, 0.1) is 5.41 Å². The van der Waals surface area contributed by atoms with Crippen LogP contribution in [-0.2, 0) is 6.42 Å². The summed E-state index contributed by atoms with van der Waals surface area (Å²) in [5.41, 5.74) is 0.513. The predicted molar refractivity (Wildman–Crippen MR) is 78.4 cm³/mol. The van der Waals surface area contributed by atoms with Gasteiger partial charge in [-0.25, -0.2) is 0 Å². The van der Waals surface area contributed by atoms with Gasteiger partial charge in [-0.3, -0.25) is 4.99 Å². The SMILES string of the molecule is CCC1(CNC(=NC)NCCc2ccco2)CCC1. The van der Waals surface area contributed by atoms with E-state index in [-0.39, 0.29) is 0 Å². The van der Waals surface area contributed by atoms with Gasteiger partial charge in [0.1, 0.15) is 5.76 Å². The molecule has 4 nitrogen and oxygen atoms in total. The van der Waals surface area contributed by atoms with E-state index in [0.29, 0.717) is 5.41 Å². The van der Waals surface area contributed by atoms with Gasteiger partial charge in [0, 0.05) is 26.6 Å². The first-order chi connectivity index (χ1) is 9.28. The number of furan rings is 1. The van der Waals surface area contributed by atoms with E-state index >= 15 is 0 Å². The molecule has 0 amide bonds. The molecule has 4 heteroatoms. The summed E-state index contributed by atoms with van der Waals surface area (Å²) < 4.78 is 5.31. The van der Waals surface area contributed by atoms with Gasteiger partial charge >= 0.3 is 0 Å². The van der Waals surface area contributed by atoms with Gasteiger partial charge in [-0.05, 0) is 36.8 Å². The molecule has 1 heterocycles. The molecule has 0 aromatic carbocycles. The molecule has 1 aliphatic rings. The highest BCUT2D eigenvalue weighted by atomic mass is 16.3. The molecule has 19 heavy (non-hydrogen) atoms. The highest BCUT2D eigenvalue weighted by Crippen LogP contribution is 2.42. The van der Waals surface area contributed by atoms with E-state index in [1.54, 1.807) is 6.26 Å². The molecule has 0 bridgehead atoms. The molecule has 1 aromatic heterocycles. The van der Waals surface area contributed by atoms with Crippen LogP contribution in [0.5, 0.6) is 0 Å². The van der Waals surface area contributed by atoms with Gasteiger partial charge in [0.05, 0.1) is 6.26 Å². The average molecular weight is 263 g/mol. The molecule has 0 atom stereocenters. The van der Waals surface area contributed by atoms with Crippen LogP contribution in [-0.4, -0.2) is 26.1 Å². The van der Waals surface area contributed by atoms with Crippen molar-refractivity contribution >= 4 is 5.96 Å². The van der Waals surface area contributed by atoms with Gasteiger partial charge < -0.3 is 15.1 Å². The molecule has 106 valence electrons. The van der Waals surface area contributed by atoms with Crippen LogP contribution in [0.1, 0.15) is 38.4 Å². The molecule has 0 unspecified atom stereocenters. The van der Waals surface area contributed by atoms with Crippen LogP contribution in [0.15, 0.2) is 27.8 Å². The first kappa shape index (κ1) is 14.0. The molecule has 1 saturated carbocycles. The number of aliphatic imine (C=N–C) groups is 1. The summed E-state index contributed by atoms with van der Waals surface area (Å²) in [5.74, 6) is 1.90. The zero-order valence-corrected chi connectivity index (χ0v) is 12.0. The maximum absolute atomic E-state index is 5.31. The van der Waals surface area contributed by atoms with Gasteiger partial charge in [0.15, 0.2) is 5.96 Å². The topological polar surface area (TPSA) is 49.6 Å². The summed E-state index contributed by atoms with van der Waals surface area (Å²) in [6.07, 6.45) is 7.92. The standard InChI is InChI=1S/C15H25N3O/c1-3-15(8-5-9-15)12-18-14(16-2)17-10-7-13-6-4-11-19-13/h4,6,11H,3,5,7-10,12H2,1-2H3,(H2,16,17,18). The lowest BCUT2D eigenvalue weighted by Gasteiger charge is -2.41. The van der Waals surface area contributed by atoms with Gasteiger partial charge in [-0.15, -0.1) is 0 Å². The predicted octanol–water partition coefficient (Wildman–Crippen LogP) is 2.57. The van der Waals surface area contributed by atoms with Crippen molar-refractivity contribution in [2.75, 3.05) is 20.1 Å². The second-order valence-corrected chi connectivity index (χ2v) is 5.39. The molecular formula is C15H25N3O. The number of nitrogens with zero attached hydrogens (tertiary/aromatic N) is 1. The Morgan fingerprint density at radius 1 is 1.42 bits per heavy atom. The Hall–Kier alpha value is -1.45. The van der Waals surface area contributed by atoms with Crippen molar-refractivity contribution in [1.82, 2.24) is 10.6 Å². The van der Waals surface area contributed by atoms with Crippen LogP contribution < -0.4 is 10.6 Å². The molecule has 1 aliphatic carbocycles. The molecule has 0 radical (unpaired) electrons. The first-order valence-corrected chi connectivity index (χ1v) is 7.25. The molecular weight excluding hydrogens is 238 g/mol. The molecule has 0 saturated heterocycles. The summed E-state index contributed by atoms with van der Waals surface area (Å²) in [7, 11) is 1.82. The summed E-state index contributed by atoms with van der Waals surface area (Å²) in [6, 6.07) is 3.92. The van der Waals surface area contributed by atoms with Crippen molar-refractivity contribution in [1.29, 1.82) is 0 Å². The van der Waals surface area contributed by atoms with Crippen molar-refractivity contribution in [2.24, 2.45) is 10.4 Å². The minimum absolute atomic E-state index is 0.513. The van der Waals surface area contributed by atoms with Crippen LogP contribution >= 0.6 is 0 Å². The summed E-state index contributed by atoms with van der Waals surface area (Å²) in [6.45, 7) is 4.16. The fraction of sp³-hybridized carbons (Fsp3) is 0.667. The van der Waals surface area contributed by atoms with Crippen molar-refractivity contribution in [2.45, 2.75) is 39.0 Å². The monoisotopic (exact) mass is 263 g/mol. The first-order valence-electron chi connectivity index (χ1n) is 7.25. The fourth-order valence-corrected chi connectivity index (χ4v) is 2.58. The van der Waals surface area contributed by atoms with Crippen molar-refractivity contribution < 1.29 is 4.42 Å². The van der Waals surface area contributed by atoms with E-state index in [9.17, 15) is 0 Å². The summed E-state index contributed by atoms with van der Waals surface area (Å²) in [5, 5.41) is 6.78. The molecule has 2 rings (SSSR count). The number of hydrogen-bond donors (Lipinski definition) is 2. The van der Waals surface area contributed by atoms with Crippen LogP contribution in [0.3, 0.4) is 0 Å². The van der Waals surface area contributed by atoms with Crippen LogP contribution in [0.2, 0.25) is 0 Å². The largest absolute Gasteiger partial charge is 0.469 e. The van der Waals surface area contributed by atoms with E-state index < -0.39 is 0 Å². The van der Waals surface area contributed by atoms with Gasteiger partial charge in [-0.2, -0.15) is 0 Å². The second-order valence-electron chi connectivity index (χ2n) is 5.39. The zero-order chi connectivity index (χ0) is 13.6. The summed E-state index contributed by atoms with van der Waals surface area (Å²) >= 11 is 0. The Morgan fingerprint density at radius 3 is 2.79 bits per heavy atom. The highest BCUT2D eigenvalue weighted by Gasteiger charge is 2.34. The van der Waals surface area contributed by atoms with E-state index in [0.717, 1.165) is 31.2 Å². The fourth-order valence-electron chi connectivity index (χ4n) is 2.58. The van der Waals surface area contributed by atoms with Crippen LogP contribution in [0.4, 0.5) is 0 Å². The smallest absolute Gasteiger partial charge is 0.191 e. The maximum atomic E-state index is 5.31. The van der Waals surface area contributed by atoms with E-state index in [4.69, 9.17) is 4.42 Å². The average Bonchev–Trinajstić information content (AvgIpc) is 2.89. The van der Waals surface area contributed by atoms with Gasteiger partial charge in [0.25, 0.3) is 0 Å². The normalized spacial score (nSPS) is 17.9. The van der Waals surface area contributed by atoms with Crippen molar-refractivity contribution in [3.63, 3.8) is 0 Å². The molecule has 1 fully saturated rings. The second kappa shape index (κ2) is 6.64. The van der Waals surface area contributed by atoms with Gasteiger partial charge in [0.2, 0.25) is 0 Å². The molecule has 0 aliphatic heterocycles. The maximum Gasteiger partial charge on any atom is 0.191 e. The third-order valence-corrected chi connectivity index (χ3v) is 4.26. The Balaban J connectivity index is 1.68.